The van der Waals surface area contributed by atoms with Crippen LogP contribution in [0.3, 0.4) is 0 Å². The van der Waals surface area contributed by atoms with Crippen LogP contribution >= 0.6 is 11.6 Å². The Labute approximate surface area is 167 Å². The van der Waals surface area contributed by atoms with E-state index in [1.54, 1.807) is 24.1 Å². The lowest BCUT2D eigenvalue weighted by molar-refractivity contribution is 0.0732. The molecule has 1 N–H and O–H groups in total. The second-order valence-corrected chi connectivity index (χ2v) is 8.22. The molecular weight excluding hydrogens is 378 g/mol. The van der Waals surface area contributed by atoms with Crippen molar-refractivity contribution in [1.82, 2.24) is 19.9 Å². The lowest BCUT2D eigenvalue weighted by Crippen LogP contribution is -2.36. The summed E-state index contributed by atoms with van der Waals surface area (Å²) in [5.74, 6) is 1.11. The van der Waals surface area contributed by atoms with E-state index in [4.69, 9.17) is 16.0 Å². The molecule has 144 valence electrons. The highest BCUT2D eigenvalue weighted by atomic mass is 35.5. The topological polar surface area (TPSA) is 84.2 Å². The second-order valence-electron chi connectivity index (χ2n) is 7.82. The van der Waals surface area contributed by atoms with Gasteiger partial charge in [-0.2, -0.15) is 0 Å². The predicted molar refractivity (Wildman–Crippen MR) is 105 cm³/mol. The number of aromatic nitrogens is 3. The smallest absolute Gasteiger partial charge is 0.258 e. The lowest BCUT2D eigenvalue weighted by atomic mass is 10.0. The van der Waals surface area contributed by atoms with E-state index in [2.05, 4.69) is 27.2 Å². The molecule has 8 heteroatoms. The number of hydrogen-bond donors (Lipinski definition) is 1. The van der Waals surface area contributed by atoms with E-state index >= 15 is 0 Å². The first-order chi connectivity index (χ1) is 13.5. The Morgan fingerprint density at radius 2 is 2.14 bits per heavy atom. The molecule has 1 amide bonds. The quantitative estimate of drug-likeness (QED) is 0.724. The minimum atomic E-state index is -0.0949. The summed E-state index contributed by atoms with van der Waals surface area (Å²) in [5.41, 5.74) is 2.85. The van der Waals surface area contributed by atoms with Crippen molar-refractivity contribution in [3.8, 4) is 0 Å². The SMILES string of the molecule is Cc1oc2ncnc(NC3(C)CC3)c2c1C(=O)N1CCc2c(Cl)ccnc2C1. The Balaban J connectivity index is 1.54. The van der Waals surface area contributed by atoms with Crippen molar-refractivity contribution in [3.63, 3.8) is 0 Å². The third-order valence-electron chi connectivity index (χ3n) is 5.65. The summed E-state index contributed by atoms with van der Waals surface area (Å²) in [6, 6.07) is 1.79. The number of rotatable bonds is 3. The van der Waals surface area contributed by atoms with E-state index in [1.165, 1.54) is 6.33 Å². The highest BCUT2D eigenvalue weighted by Crippen LogP contribution is 2.40. The van der Waals surface area contributed by atoms with E-state index in [0.29, 0.717) is 52.8 Å². The fraction of sp³-hybridized carbons (Fsp3) is 0.400. The first-order valence-electron chi connectivity index (χ1n) is 9.39. The van der Waals surface area contributed by atoms with Crippen LogP contribution < -0.4 is 5.32 Å². The summed E-state index contributed by atoms with van der Waals surface area (Å²) in [6.45, 7) is 4.95. The van der Waals surface area contributed by atoms with Crippen molar-refractivity contribution < 1.29 is 9.21 Å². The molecule has 2 aliphatic rings. The van der Waals surface area contributed by atoms with Gasteiger partial charge in [0.25, 0.3) is 5.91 Å². The Hall–Kier alpha value is -2.67. The average molecular weight is 398 g/mol. The standard InChI is InChI=1S/C20H20ClN5O2/c1-11-15(16-17(25-20(2)5-6-20)23-10-24-18(16)28-11)19(27)26-8-4-12-13(21)3-7-22-14(12)9-26/h3,7,10H,4-6,8-9H2,1-2H3,(H,23,24,25). The highest BCUT2D eigenvalue weighted by Gasteiger charge is 2.39. The van der Waals surface area contributed by atoms with E-state index < -0.39 is 0 Å². The second kappa shape index (κ2) is 6.17. The van der Waals surface area contributed by atoms with Crippen LogP contribution in [-0.4, -0.2) is 37.8 Å². The zero-order valence-corrected chi connectivity index (χ0v) is 16.5. The molecule has 28 heavy (non-hydrogen) atoms. The van der Waals surface area contributed by atoms with Crippen LogP contribution in [0.15, 0.2) is 23.0 Å². The van der Waals surface area contributed by atoms with Gasteiger partial charge < -0.3 is 14.6 Å². The summed E-state index contributed by atoms with van der Waals surface area (Å²) in [6.07, 6.45) is 5.99. The number of carbonyl (C=O) groups excluding carboxylic acids is 1. The minimum absolute atomic E-state index is 0.0253. The first-order valence-corrected chi connectivity index (χ1v) is 9.77. The number of carbonyl (C=O) groups is 1. The van der Waals surface area contributed by atoms with Gasteiger partial charge in [-0.3, -0.25) is 9.78 Å². The number of nitrogens with zero attached hydrogens (tertiary/aromatic N) is 4. The minimum Gasteiger partial charge on any atom is -0.442 e. The maximum atomic E-state index is 13.4. The Kier molecular flexibility index (Phi) is 3.84. The number of fused-ring (bicyclic) bond motifs is 2. The van der Waals surface area contributed by atoms with Crippen molar-refractivity contribution in [2.45, 2.75) is 45.2 Å². The lowest BCUT2D eigenvalue weighted by Gasteiger charge is -2.28. The maximum Gasteiger partial charge on any atom is 0.258 e. The summed E-state index contributed by atoms with van der Waals surface area (Å²) < 4.78 is 5.80. The van der Waals surface area contributed by atoms with Crippen molar-refractivity contribution in [3.05, 3.63) is 46.2 Å². The van der Waals surface area contributed by atoms with Gasteiger partial charge in [0.1, 0.15) is 17.9 Å². The number of amides is 1. The third kappa shape index (κ3) is 2.81. The molecule has 3 aromatic heterocycles. The molecule has 5 rings (SSSR count). The number of anilines is 1. The predicted octanol–water partition coefficient (Wildman–Crippen LogP) is 3.74. The van der Waals surface area contributed by atoms with Gasteiger partial charge in [-0.25, -0.2) is 9.97 Å². The maximum absolute atomic E-state index is 13.4. The van der Waals surface area contributed by atoms with E-state index in [0.717, 1.165) is 24.1 Å². The molecule has 0 spiro atoms. The molecule has 1 saturated carbocycles. The van der Waals surface area contributed by atoms with Crippen molar-refractivity contribution >= 4 is 34.4 Å². The molecule has 0 unspecified atom stereocenters. The van der Waals surface area contributed by atoms with Gasteiger partial charge in [0.05, 0.1) is 23.2 Å². The number of furan rings is 1. The average Bonchev–Trinajstić information content (AvgIpc) is 3.29. The van der Waals surface area contributed by atoms with Crippen LogP contribution in [0.25, 0.3) is 11.1 Å². The van der Waals surface area contributed by atoms with Crippen LogP contribution in [0, 0.1) is 6.92 Å². The summed E-state index contributed by atoms with van der Waals surface area (Å²) in [7, 11) is 0. The van der Waals surface area contributed by atoms with Gasteiger partial charge in [0, 0.05) is 23.3 Å². The van der Waals surface area contributed by atoms with Gasteiger partial charge in [-0.15, -0.1) is 0 Å². The Morgan fingerprint density at radius 1 is 1.32 bits per heavy atom. The molecule has 4 heterocycles. The molecule has 0 saturated heterocycles. The Bertz CT molecular complexity index is 1110. The van der Waals surface area contributed by atoms with Gasteiger partial charge in [-0.05, 0) is 44.7 Å². The van der Waals surface area contributed by atoms with Gasteiger partial charge >= 0.3 is 0 Å². The molecule has 1 aliphatic carbocycles. The van der Waals surface area contributed by atoms with Crippen LogP contribution in [-0.2, 0) is 13.0 Å². The summed E-state index contributed by atoms with van der Waals surface area (Å²) in [4.78, 5) is 28.3. The molecule has 1 aliphatic heterocycles. The molecule has 0 aromatic carbocycles. The fourth-order valence-corrected chi connectivity index (χ4v) is 4.00. The van der Waals surface area contributed by atoms with Gasteiger partial charge in [0.15, 0.2) is 0 Å². The van der Waals surface area contributed by atoms with Gasteiger partial charge in [-0.1, -0.05) is 11.6 Å². The normalized spacial score (nSPS) is 17.5. The number of halogens is 1. The largest absolute Gasteiger partial charge is 0.442 e. The fourth-order valence-electron chi connectivity index (χ4n) is 3.74. The third-order valence-corrected chi connectivity index (χ3v) is 6.00. The van der Waals surface area contributed by atoms with Crippen LogP contribution in [0.4, 0.5) is 5.82 Å². The van der Waals surface area contributed by atoms with E-state index in [-0.39, 0.29) is 11.4 Å². The van der Waals surface area contributed by atoms with Crippen LogP contribution in [0.2, 0.25) is 5.02 Å². The summed E-state index contributed by atoms with van der Waals surface area (Å²) in [5, 5.41) is 4.82. The number of hydrogen-bond acceptors (Lipinski definition) is 6. The molecule has 1 fully saturated rings. The van der Waals surface area contributed by atoms with Crippen molar-refractivity contribution in [2.75, 3.05) is 11.9 Å². The molecule has 0 atom stereocenters. The number of aryl methyl sites for hydroxylation is 1. The molecular formula is C20H20ClN5O2. The zero-order chi connectivity index (χ0) is 19.5. The summed E-state index contributed by atoms with van der Waals surface area (Å²) >= 11 is 6.28. The Morgan fingerprint density at radius 3 is 2.93 bits per heavy atom. The highest BCUT2D eigenvalue weighted by molar-refractivity contribution is 6.31. The first kappa shape index (κ1) is 17.4. The van der Waals surface area contributed by atoms with E-state index in [1.807, 2.05) is 0 Å². The molecule has 7 nitrogen and oxygen atoms in total. The van der Waals surface area contributed by atoms with E-state index in [9.17, 15) is 4.79 Å². The van der Waals surface area contributed by atoms with Crippen molar-refractivity contribution in [1.29, 1.82) is 0 Å². The van der Waals surface area contributed by atoms with Crippen molar-refractivity contribution in [2.24, 2.45) is 0 Å². The molecule has 3 aromatic rings. The number of nitrogens with one attached hydrogen (secondary N) is 1. The monoisotopic (exact) mass is 397 g/mol. The van der Waals surface area contributed by atoms with Crippen LogP contribution in [0.5, 0.6) is 0 Å². The van der Waals surface area contributed by atoms with Crippen LogP contribution in [0.1, 0.15) is 47.1 Å². The molecule has 0 bridgehead atoms. The van der Waals surface area contributed by atoms with Gasteiger partial charge in [0.2, 0.25) is 5.71 Å². The number of pyridine rings is 1. The molecule has 0 radical (unpaired) electrons. The zero-order valence-electron chi connectivity index (χ0n) is 15.8.